The van der Waals surface area contributed by atoms with E-state index in [9.17, 15) is 0 Å². The number of ether oxygens (including phenoxy) is 2. The molecular weight excluding hydrogens is 364 g/mol. The first-order valence-electron chi connectivity index (χ1n) is 9.30. The Balaban J connectivity index is 0.00000210. The van der Waals surface area contributed by atoms with Crippen molar-refractivity contribution in [3.63, 3.8) is 0 Å². The summed E-state index contributed by atoms with van der Waals surface area (Å²) in [5.41, 5.74) is 3.58. The first-order valence-corrected chi connectivity index (χ1v) is 9.30. The molecule has 1 saturated heterocycles. The molecule has 0 atom stereocenters. The molecule has 1 fully saturated rings. The summed E-state index contributed by atoms with van der Waals surface area (Å²) in [7, 11) is 3.37. The van der Waals surface area contributed by atoms with E-state index in [-0.39, 0.29) is 12.4 Å². The minimum absolute atomic E-state index is 0. The number of hydrogen-bond acceptors (Lipinski definition) is 6. The van der Waals surface area contributed by atoms with Crippen molar-refractivity contribution in [2.75, 3.05) is 38.8 Å². The Morgan fingerprint density at radius 3 is 2.63 bits per heavy atom. The number of halogens is 1. The summed E-state index contributed by atoms with van der Waals surface area (Å²) in [6.07, 6.45) is 5.48. The molecule has 3 heterocycles. The predicted molar refractivity (Wildman–Crippen MR) is 108 cm³/mol. The molecule has 0 N–H and O–H groups in total. The maximum atomic E-state index is 5.57. The Bertz CT molecular complexity index is 781. The summed E-state index contributed by atoms with van der Waals surface area (Å²) in [4.78, 5) is 14.2. The first kappa shape index (κ1) is 19.7. The molecular formula is C20H27ClN4O2. The van der Waals surface area contributed by atoms with E-state index in [0.717, 1.165) is 62.2 Å². The molecule has 1 aromatic carbocycles. The molecule has 0 amide bonds. The molecule has 0 aliphatic carbocycles. The maximum Gasteiger partial charge on any atom is 0.225 e. The van der Waals surface area contributed by atoms with Crippen LogP contribution < -0.4 is 14.4 Å². The van der Waals surface area contributed by atoms with Gasteiger partial charge in [0.15, 0.2) is 11.5 Å². The fourth-order valence-electron chi connectivity index (χ4n) is 3.89. The number of methoxy groups -OCH3 is 2. The van der Waals surface area contributed by atoms with Crippen LogP contribution in [0.4, 0.5) is 5.95 Å². The lowest BCUT2D eigenvalue weighted by Gasteiger charge is -2.29. The fourth-order valence-corrected chi connectivity index (χ4v) is 3.89. The van der Waals surface area contributed by atoms with E-state index >= 15 is 0 Å². The third-order valence-corrected chi connectivity index (χ3v) is 5.27. The molecule has 27 heavy (non-hydrogen) atoms. The van der Waals surface area contributed by atoms with Gasteiger partial charge in [-0.05, 0) is 18.9 Å². The van der Waals surface area contributed by atoms with Crippen molar-refractivity contribution >= 4 is 18.4 Å². The number of aromatic nitrogens is 2. The number of nitrogens with zero attached hydrogens (tertiary/aromatic N) is 4. The van der Waals surface area contributed by atoms with Crippen molar-refractivity contribution in [3.05, 3.63) is 41.2 Å². The fraction of sp³-hybridized carbons (Fsp3) is 0.500. The summed E-state index contributed by atoms with van der Waals surface area (Å²) in [5.74, 6) is 2.51. The number of para-hydroxylation sites is 1. The normalized spacial score (nSPS) is 16.6. The molecule has 0 unspecified atom stereocenters. The smallest absolute Gasteiger partial charge is 0.225 e. The highest BCUT2D eigenvalue weighted by atomic mass is 35.5. The summed E-state index contributed by atoms with van der Waals surface area (Å²) in [6, 6.07) is 6.05. The molecule has 6 nitrogen and oxygen atoms in total. The van der Waals surface area contributed by atoms with Gasteiger partial charge in [-0.2, -0.15) is 0 Å². The number of hydrogen-bond donors (Lipinski definition) is 0. The van der Waals surface area contributed by atoms with E-state index in [1.807, 2.05) is 18.3 Å². The van der Waals surface area contributed by atoms with Crippen LogP contribution in [0.15, 0.2) is 24.4 Å². The minimum Gasteiger partial charge on any atom is -0.493 e. The van der Waals surface area contributed by atoms with Gasteiger partial charge in [0.1, 0.15) is 0 Å². The van der Waals surface area contributed by atoms with Crippen molar-refractivity contribution in [3.8, 4) is 11.5 Å². The van der Waals surface area contributed by atoms with E-state index < -0.39 is 0 Å². The second-order valence-electron chi connectivity index (χ2n) is 6.95. The standard InChI is InChI=1S/C20H26N4O2.ClH/c1-25-18-7-5-6-15(19(18)26-2)13-23-11-8-17-16(14-23)12-21-20(22-17)24-9-3-4-10-24;/h5-7,12H,3-4,8-11,13-14H2,1-2H3;1H. The van der Waals surface area contributed by atoms with Crippen molar-refractivity contribution in [1.82, 2.24) is 14.9 Å². The minimum atomic E-state index is 0. The quantitative estimate of drug-likeness (QED) is 0.782. The first-order chi connectivity index (χ1) is 12.8. The molecule has 4 rings (SSSR count). The maximum absolute atomic E-state index is 5.57. The molecule has 2 aliphatic heterocycles. The summed E-state index contributed by atoms with van der Waals surface area (Å²) in [5, 5.41) is 0. The van der Waals surface area contributed by atoms with Crippen LogP contribution in [0.2, 0.25) is 0 Å². The van der Waals surface area contributed by atoms with Crippen molar-refractivity contribution in [1.29, 1.82) is 0 Å². The second kappa shape index (κ2) is 8.76. The SMILES string of the molecule is COc1cccc(CN2CCc3nc(N4CCCC4)ncc3C2)c1OC.Cl. The predicted octanol–water partition coefficient (Wildman–Crippen LogP) is 3.07. The Hall–Kier alpha value is -2.05. The molecule has 0 bridgehead atoms. The monoisotopic (exact) mass is 390 g/mol. The summed E-state index contributed by atoms with van der Waals surface area (Å²) in [6.45, 7) is 4.86. The van der Waals surface area contributed by atoms with Crippen molar-refractivity contribution < 1.29 is 9.47 Å². The molecule has 0 saturated carbocycles. The average Bonchev–Trinajstić information content (AvgIpc) is 3.22. The van der Waals surface area contributed by atoms with Crippen LogP contribution in [0.1, 0.15) is 29.7 Å². The van der Waals surface area contributed by atoms with Crippen molar-refractivity contribution in [2.45, 2.75) is 32.4 Å². The van der Waals surface area contributed by atoms with Gasteiger partial charge < -0.3 is 14.4 Å². The van der Waals surface area contributed by atoms with Crippen LogP contribution in [-0.2, 0) is 19.5 Å². The van der Waals surface area contributed by atoms with E-state index in [1.54, 1.807) is 14.2 Å². The molecule has 7 heteroatoms. The Morgan fingerprint density at radius 2 is 1.89 bits per heavy atom. The second-order valence-corrected chi connectivity index (χ2v) is 6.95. The largest absolute Gasteiger partial charge is 0.493 e. The van der Waals surface area contributed by atoms with E-state index in [1.165, 1.54) is 24.1 Å². The van der Waals surface area contributed by atoms with Gasteiger partial charge >= 0.3 is 0 Å². The van der Waals surface area contributed by atoms with Gasteiger partial charge in [0.2, 0.25) is 5.95 Å². The molecule has 2 aliphatic rings. The lowest BCUT2D eigenvalue weighted by molar-refractivity contribution is 0.238. The molecule has 0 spiro atoms. The van der Waals surface area contributed by atoms with Gasteiger partial charge in [-0.15, -0.1) is 12.4 Å². The number of rotatable bonds is 5. The summed E-state index contributed by atoms with van der Waals surface area (Å²) >= 11 is 0. The highest BCUT2D eigenvalue weighted by Crippen LogP contribution is 2.32. The molecule has 0 radical (unpaired) electrons. The van der Waals surface area contributed by atoms with E-state index in [0.29, 0.717) is 0 Å². The zero-order valence-electron chi connectivity index (χ0n) is 16.0. The Morgan fingerprint density at radius 1 is 1.07 bits per heavy atom. The van der Waals surface area contributed by atoms with Crippen LogP contribution >= 0.6 is 12.4 Å². The van der Waals surface area contributed by atoms with Gasteiger partial charge in [0.05, 0.1) is 19.9 Å². The lowest BCUT2D eigenvalue weighted by Crippen LogP contribution is -2.32. The van der Waals surface area contributed by atoms with Crippen LogP contribution in [0.25, 0.3) is 0 Å². The number of anilines is 1. The number of fused-ring (bicyclic) bond motifs is 1. The van der Waals surface area contributed by atoms with Crippen LogP contribution in [0, 0.1) is 0 Å². The zero-order valence-corrected chi connectivity index (χ0v) is 16.8. The van der Waals surface area contributed by atoms with Gasteiger partial charge in [-0.1, -0.05) is 12.1 Å². The summed E-state index contributed by atoms with van der Waals surface area (Å²) < 4.78 is 11.0. The molecule has 2 aromatic rings. The third kappa shape index (κ3) is 4.12. The number of benzene rings is 1. The van der Waals surface area contributed by atoms with Crippen LogP contribution in [0.5, 0.6) is 11.5 Å². The average molecular weight is 391 g/mol. The molecule has 146 valence electrons. The zero-order chi connectivity index (χ0) is 17.9. The highest BCUT2D eigenvalue weighted by molar-refractivity contribution is 5.85. The topological polar surface area (TPSA) is 50.7 Å². The highest BCUT2D eigenvalue weighted by Gasteiger charge is 2.22. The Kier molecular flexibility index (Phi) is 6.39. The van der Waals surface area contributed by atoms with Crippen molar-refractivity contribution in [2.24, 2.45) is 0 Å². The van der Waals surface area contributed by atoms with Gasteiger partial charge in [-0.3, -0.25) is 4.90 Å². The third-order valence-electron chi connectivity index (χ3n) is 5.27. The van der Waals surface area contributed by atoms with Crippen LogP contribution in [-0.4, -0.2) is 48.7 Å². The van der Waals surface area contributed by atoms with Crippen LogP contribution in [0.3, 0.4) is 0 Å². The lowest BCUT2D eigenvalue weighted by atomic mass is 10.1. The van der Waals surface area contributed by atoms with Gasteiger partial charge in [0, 0.05) is 56.5 Å². The van der Waals surface area contributed by atoms with E-state index in [4.69, 9.17) is 14.5 Å². The molecule has 1 aromatic heterocycles. The Labute approximate surface area is 166 Å². The van der Waals surface area contributed by atoms with E-state index in [2.05, 4.69) is 20.9 Å². The van der Waals surface area contributed by atoms with Gasteiger partial charge in [0.25, 0.3) is 0 Å². The van der Waals surface area contributed by atoms with Gasteiger partial charge in [-0.25, -0.2) is 9.97 Å².